The van der Waals surface area contributed by atoms with Gasteiger partial charge in [-0.25, -0.2) is 0 Å². The molecule has 1 N–H and O–H groups in total. The van der Waals surface area contributed by atoms with Crippen LogP contribution in [0.3, 0.4) is 0 Å². The van der Waals surface area contributed by atoms with E-state index < -0.39 is 12.1 Å². The summed E-state index contributed by atoms with van der Waals surface area (Å²) >= 11 is 0. The van der Waals surface area contributed by atoms with E-state index in [1.165, 1.54) is 16.7 Å². The van der Waals surface area contributed by atoms with Crippen molar-refractivity contribution in [2.24, 2.45) is 0 Å². The summed E-state index contributed by atoms with van der Waals surface area (Å²) in [5.41, 5.74) is 0. The van der Waals surface area contributed by atoms with E-state index in [1.807, 2.05) is 13.8 Å². The number of nitrogens with zero attached hydrogens (tertiary/aromatic N) is 2. The van der Waals surface area contributed by atoms with E-state index in [9.17, 15) is 19.2 Å². The number of nitrogens with one attached hydrogen (secondary N) is 1. The largest absolute Gasteiger partial charge is 0.334 e. The van der Waals surface area contributed by atoms with Gasteiger partial charge in [0.05, 0.1) is 12.1 Å². The average Bonchev–Trinajstić information content (AvgIpc) is 2.58. The van der Waals surface area contributed by atoms with Crippen LogP contribution in [0.4, 0.5) is 0 Å². The van der Waals surface area contributed by atoms with E-state index in [0.717, 1.165) is 0 Å². The minimum Gasteiger partial charge on any atom is -0.334 e. The van der Waals surface area contributed by atoms with Crippen molar-refractivity contribution in [1.29, 1.82) is 0 Å². The van der Waals surface area contributed by atoms with Crippen molar-refractivity contribution in [1.82, 2.24) is 15.1 Å². The van der Waals surface area contributed by atoms with Gasteiger partial charge < -0.3 is 15.1 Å². The van der Waals surface area contributed by atoms with Crippen molar-refractivity contribution in [2.45, 2.75) is 72.5 Å². The fraction of sp³-hybridized carbons (Fsp3) is 0.778. The van der Waals surface area contributed by atoms with Crippen LogP contribution in [0.25, 0.3) is 0 Å². The van der Waals surface area contributed by atoms with Gasteiger partial charge in [0.15, 0.2) is 5.78 Å². The van der Waals surface area contributed by atoms with Gasteiger partial charge in [0.2, 0.25) is 11.8 Å². The molecule has 0 radical (unpaired) electrons. The Hall–Kier alpha value is -1.76. The Labute approximate surface area is 152 Å². The van der Waals surface area contributed by atoms with E-state index in [-0.39, 0.29) is 29.4 Å². The van der Waals surface area contributed by atoms with Crippen LogP contribution in [0.2, 0.25) is 0 Å². The Bertz CT molecular complexity index is 465. The second-order valence-corrected chi connectivity index (χ2v) is 6.14. The monoisotopic (exact) mass is 357 g/mol. The number of carbonyl (C=O) groups is 4. The Morgan fingerprint density at radius 3 is 1.64 bits per heavy atom. The van der Waals surface area contributed by atoms with Gasteiger partial charge in [0.1, 0.15) is 11.8 Å². The third-order valence-corrected chi connectivity index (χ3v) is 4.35. The molecule has 25 heavy (non-hydrogen) atoms. The van der Waals surface area contributed by atoms with Crippen molar-refractivity contribution in [2.75, 3.05) is 21.1 Å². The van der Waals surface area contributed by atoms with Crippen LogP contribution < -0.4 is 5.32 Å². The van der Waals surface area contributed by atoms with Crippen LogP contribution >= 0.6 is 0 Å². The minimum absolute atomic E-state index is 0.0139. The Morgan fingerprint density at radius 1 is 0.920 bits per heavy atom. The molecule has 3 unspecified atom stereocenters. The van der Waals surface area contributed by atoms with Gasteiger partial charge in [-0.2, -0.15) is 0 Å². The highest BCUT2D eigenvalue weighted by molar-refractivity contribution is 5.91. The molecule has 0 aliphatic rings. The van der Waals surface area contributed by atoms with Gasteiger partial charge in [-0.1, -0.05) is 13.8 Å². The Morgan fingerprint density at radius 2 is 1.40 bits per heavy atom. The first-order chi connectivity index (χ1) is 11.5. The van der Waals surface area contributed by atoms with Gasteiger partial charge in [0, 0.05) is 20.5 Å². The van der Waals surface area contributed by atoms with E-state index in [4.69, 9.17) is 0 Å². The molecule has 0 fully saturated rings. The molecule has 0 heterocycles. The topological polar surface area (TPSA) is 86.8 Å². The zero-order valence-electron chi connectivity index (χ0n) is 17.2. The van der Waals surface area contributed by atoms with Crippen molar-refractivity contribution in [3.05, 3.63) is 0 Å². The molecule has 0 aromatic heterocycles. The first-order valence-corrected chi connectivity index (χ1v) is 8.66. The predicted octanol–water partition coefficient (Wildman–Crippen LogP) is 1.25. The zero-order valence-corrected chi connectivity index (χ0v) is 17.2. The maximum atomic E-state index is 12.2. The maximum absolute atomic E-state index is 12.2. The van der Waals surface area contributed by atoms with Gasteiger partial charge in [0.25, 0.3) is 0 Å². The lowest BCUT2D eigenvalue weighted by atomic mass is 10.1. The normalized spacial score (nSPS) is 13.6. The first-order valence-electron chi connectivity index (χ1n) is 8.66. The molecular weight excluding hydrogens is 322 g/mol. The molecule has 7 nitrogen and oxygen atoms in total. The molecule has 0 aliphatic carbocycles. The zero-order chi connectivity index (χ0) is 20.3. The van der Waals surface area contributed by atoms with Crippen LogP contribution in [0.1, 0.15) is 54.4 Å². The molecule has 7 heteroatoms. The molecule has 0 bridgehead atoms. The quantitative estimate of drug-likeness (QED) is 0.706. The summed E-state index contributed by atoms with van der Waals surface area (Å²) in [6.45, 7) is 10.2. The standard InChI is InChI=1S/C13H24N2O3.C5H11NO/c1-7-11(10(4)16)15(6)13(18)9(3)14(5)12(17)8-2;1-4(6-3)5(2)7/h9,11H,7-8H2,1-6H3;4,6H,1-3H3. The van der Waals surface area contributed by atoms with Crippen molar-refractivity contribution in [3.63, 3.8) is 0 Å². The number of carbonyl (C=O) groups excluding carboxylic acids is 4. The number of likely N-dealkylation sites (N-methyl/N-ethyl adjacent to an activating group) is 3. The molecule has 0 spiro atoms. The van der Waals surface area contributed by atoms with Crippen LogP contribution in [0.15, 0.2) is 0 Å². The molecule has 0 aromatic rings. The van der Waals surface area contributed by atoms with E-state index in [0.29, 0.717) is 12.8 Å². The van der Waals surface area contributed by atoms with Crippen molar-refractivity contribution < 1.29 is 19.2 Å². The molecule has 0 aromatic carbocycles. The third kappa shape index (κ3) is 8.77. The summed E-state index contributed by atoms with van der Waals surface area (Å²) in [5, 5.41) is 2.81. The average molecular weight is 357 g/mol. The second kappa shape index (κ2) is 12.6. The summed E-state index contributed by atoms with van der Waals surface area (Å²) < 4.78 is 0. The predicted molar refractivity (Wildman–Crippen MR) is 99.3 cm³/mol. The highest BCUT2D eigenvalue weighted by atomic mass is 16.2. The molecule has 3 atom stereocenters. The highest BCUT2D eigenvalue weighted by Crippen LogP contribution is 2.09. The highest BCUT2D eigenvalue weighted by Gasteiger charge is 2.29. The lowest BCUT2D eigenvalue weighted by Crippen LogP contribution is -2.51. The Kier molecular flexibility index (Phi) is 12.8. The van der Waals surface area contributed by atoms with Crippen LogP contribution in [0.5, 0.6) is 0 Å². The smallest absolute Gasteiger partial charge is 0.245 e. The van der Waals surface area contributed by atoms with Crippen LogP contribution in [-0.2, 0) is 19.2 Å². The third-order valence-electron chi connectivity index (χ3n) is 4.35. The SMILES string of the molecule is CCC(=O)N(C)C(C)C(=O)N(C)C(CC)C(C)=O.CNC(C)C(C)=O. The second-order valence-electron chi connectivity index (χ2n) is 6.14. The number of rotatable bonds is 8. The van der Waals surface area contributed by atoms with Crippen molar-refractivity contribution >= 4 is 23.4 Å². The fourth-order valence-corrected chi connectivity index (χ4v) is 2.12. The van der Waals surface area contributed by atoms with Gasteiger partial charge in [-0.3, -0.25) is 19.2 Å². The molecule has 0 saturated heterocycles. The summed E-state index contributed by atoms with van der Waals surface area (Å²) in [5.74, 6) is -0.144. The van der Waals surface area contributed by atoms with Crippen LogP contribution in [-0.4, -0.2) is 72.4 Å². The summed E-state index contributed by atoms with van der Waals surface area (Å²) in [6, 6.07) is -0.944. The molecular formula is C18H35N3O4. The van der Waals surface area contributed by atoms with E-state index in [1.54, 1.807) is 41.9 Å². The van der Waals surface area contributed by atoms with E-state index in [2.05, 4.69) is 5.32 Å². The minimum atomic E-state index is -0.546. The fourth-order valence-electron chi connectivity index (χ4n) is 2.12. The lowest BCUT2D eigenvalue weighted by molar-refractivity contribution is -0.146. The number of Topliss-reactive ketones (excluding diaryl/α,β-unsaturated/α-hetero) is 2. The van der Waals surface area contributed by atoms with E-state index >= 15 is 0 Å². The molecule has 2 amide bonds. The number of ketones is 2. The molecule has 0 rings (SSSR count). The van der Waals surface area contributed by atoms with Gasteiger partial charge in [-0.15, -0.1) is 0 Å². The number of amides is 2. The van der Waals surface area contributed by atoms with Crippen molar-refractivity contribution in [3.8, 4) is 0 Å². The summed E-state index contributed by atoms with van der Waals surface area (Å²) in [7, 11) is 4.99. The number of hydrogen-bond donors (Lipinski definition) is 1. The molecule has 146 valence electrons. The molecule has 0 saturated carbocycles. The summed E-state index contributed by atoms with van der Waals surface area (Å²) in [6.07, 6.45) is 0.942. The molecule has 0 aliphatic heterocycles. The Balaban J connectivity index is 0. The van der Waals surface area contributed by atoms with Gasteiger partial charge in [-0.05, 0) is 41.2 Å². The van der Waals surface area contributed by atoms with Gasteiger partial charge >= 0.3 is 0 Å². The maximum Gasteiger partial charge on any atom is 0.245 e. The summed E-state index contributed by atoms with van der Waals surface area (Å²) in [4.78, 5) is 48.3. The first kappa shape index (κ1) is 25.5. The number of hydrogen-bond acceptors (Lipinski definition) is 5. The van der Waals surface area contributed by atoms with Crippen LogP contribution in [0, 0.1) is 0 Å². The lowest BCUT2D eigenvalue weighted by Gasteiger charge is -2.31.